The number of aliphatic carboxylic acids is 1. The molecule has 2 rings (SSSR count). The highest BCUT2D eigenvalue weighted by molar-refractivity contribution is 5.83. The highest BCUT2D eigenvalue weighted by Crippen LogP contribution is 2.18. The summed E-state index contributed by atoms with van der Waals surface area (Å²) in [6.07, 6.45) is -0.665. The molecule has 0 unspecified atom stereocenters. The third kappa shape index (κ3) is 4.49. The number of amides is 1. The Morgan fingerprint density at radius 1 is 1.38 bits per heavy atom. The number of carbonyl (C=O) groups is 2. The summed E-state index contributed by atoms with van der Waals surface area (Å²) in [5.41, 5.74) is 1.26. The van der Waals surface area contributed by atoms with E-state index in [1.54, 1.807) is 45.0 Å². The number of benzene rings is 1. The van der Waals surface area contributed by atoms with Gasteiger partial charge in [0.2, 0.25) is 0 Å². The number of nitrogens with zero attached hydrogens (tertiary/aromatic N) is 1. The van der Waals surface area contributed by atoms with Gasteiger partial charge in [-0.1, -0.05) is 6.07 Å². The van der Waals surface area contributed by atoms with Crippen molar-refractivity contribution in [1.82, 2.24) is 10.3 Å². The molecule has 3 N–H and O–H groups in total. The number of hydrogen-bond donors (Lipinski definition) is 3. The van der Waals surface area contributed by atoms with Gasteiger partial charge in [-0.3, -0.25) is 0 Å². The van der Waals surface area contributed by atoms with E-state index in [1.807, 2.05) is 6.07 Å². The number of carboxylic acids is 1. The molecule has 0 radical (unpaired) electrons. The fourth-order valence-electron chi connectivity index (χ4n) is 2.25. The van der Waals surface area contributed by atoms with Crippen molar-refractivity contribution in [1.29, 1.82) is 5.26 Å². The monoisotopic (exact) mass is 329 g/mol. The lowest BCUT2D eigenvalue weighted by Gasteiger charge is -2.22. The predicted molar refractivity (Wildman–Crippen MR) is 87.5 cm³/mol. The number of nitriles is 1. The molecular formula is C17H19N3O4. The van der Waals surface area contributed by atoms with Crippen LogP contribution in [-0.2, 0) is 16.0 Å². The number of rotatable bonds is 4. The van der Waals surface area contributed by atoms with Gasteiger partial charge in [0.25, 0.3) is 0 Å². The van der Waals surface area contributed by atoms with Crippen molar-refractivity contribution >= 4 is 23.0 Å². The fraction of sp³-hybridized carbons (Fsp3) is 0.353. The lowest BCUT2D eigenvalue weighted by molar-refractivity contribution is -0.139. The Kier molecular flexibility index (Phi) is 4.79. The third-order valence-electron chi connectivity index (χ3n) is 3.23. The Morgan fingerprint density at radius 3 is 2.67 bits per heavy atom. The predicted octanol–water partition coefficient (Wildman–Crippen LogP) is 2.56. The van der Waals surface area contributed by atoms with E-state index in [9.17, 15) is 14.7 Å². The van der Waals surface area contributed by atoms with Crippen LogP contribution >= 0.6 is 0 Å². The van der Waals surface area contributed by atoms with Crippen molar-refractivity contribution in [3.05, 3.63) is 35.5 Å². The Balaban J connectivity index is 2.14. The van der Waals surface area contributed by atoms with Gasteiger partial charge in [-0.15, -0.1) is 0 Å². The zero-order valence-corrected chi connectivity index (χ0v) is 13.7. The van der Waals surface area contributed by atoms with Crippen LogP contribution in [0.2, 0.25) is 0 Å². The van der Waals surface area contributed by atoms with Gasteiger partial charge in [-0.2, -0.15) is 5.26 Å². The number of nitrogens with one attached hydrogen (secondary N) is 2. The molecule has 0 aliphatic carbocycles. The topological polar surface area (TPSA) is 115 Å². The molecule has 1 amide bonds. The van der Waals surface area contributed by atoms with Gasteiger partial charge in [0.15, 0.2) is 0 Å². The van der Waals surface area contributed by atoms with Crippen LogP contribution in [0.3, 0.4) is 0 Å². The quantitative estimate of drug-likeness (QED) is 0.797. The van der Waals surface area contributed by atoms with Crippen molar-refractivity contribution in [2.75, 3.05) is 0 Å². The molecule has 24 heavy (non-hydrogen) atoms. The van der Waals surface area contributed by atoms with Gasteiger partial charge in [0, 0.05) is 17.3 Å². The molecule has 0 spiro atoms. The van der Waals surface area contributed by atoms with Crippen molar-refractivity contribution in [2.24, 2.45) is 0 Å². The first-order valence-electron chi connectivity index (χ1n) is 7.42. The summed E-state index contributed by atoms with van der Waals surface area (Å²) in [6.45, 7) is 5.11. The molecule has 2 aromatic rings. The average molecular weight is 329 g/mol. The highest BCUT2D eigenvalue weighted by Gasteiger charge is 2.24. The number of ether oxygens (including phenoxy) is 1. The van der Waals surface area contributed by atoms with Gasteiger partial charge in [0.05, 0.1) is 0 Å². The standard InChI is InChI=1S/C17H19N3O4/c1-17(2,3)24-16(23)20-14(15(21)22)7-10-4-5-13-11(6-10)8-12(9-18)19-13/h4-6,8,14,19H,7H2,1-3H3,(H,20,23)(H,21,22)/t14-/m0/s1. The summed E-state index contributed by atoms with van der Waals surface area (Å²) in [7, 11) is 0. The summed E-state index contributed by atoms with van der Waals surface area (Å²) < 4.78 is 5.09. The van der Waals surface area contributed by atoms with E-state index in [1.165, 1.54) is 0 Å². The van der Waals surface area contributed by atoms with E-state index >= 15 is 0 Å². The van der Waals surface area contributed by atoms with Crippen LogP contribution < -0.4 is 5.32 Å². The molecule has 0 aliphatic heterocycles. The molecule has 7 heteroatoms. The minimum absolute atomic E-state index is 0.109. The van der Waals surface area contributed by atoms with Gasteiger partial charge < -0.3 is 20.1 Å². The van der Waals surface area contributed by atoms with E-state index < -0.39 is 23.7 Å². The molecule has 1 aromatic heterocycles. The van der Waals surface area contributed by atoms with Gasteiger partial charge in [-0.05, 0) is 44.5 Å². The molecule has 7 nitrogen and oxygen atoms in total. The number of carbonyl (C=O) groups excluding carboxylic acids is 1. The van der Waals surface area contributed by atoms with E-state index in [4.69, 9.17) is 10.00 Å². The summed E-state index contributed by atoms with van der Waals surface area (Å²) in [5.74, 6) is -1.15. The smallest absolute Gasteiger partial charge is 0.408 e. The second kappa shape index (κ2) is 6.62. The number of H-pyrrole nitrogens is 1. The summed E-state index contributed by atoms with van der Waals surface area (Å²) in [6, 6.07) is 7.93. The highest BCUT2D eigenvalue weighted by atomic mass is 16.6. The Bertz CT molecular complexity index is 811. The Morgan fingerprint density at radius 2 is 2.08 bits per heavy atom. The van der Waals surface area contributed by atoms with Crippen LogP contribution in [0, 0.1) is 11.3 Å². The lowest BCUT2D eigenvalue weighted by atomic mass is 10.0. The minimum atomic E-state index is -1.15. The van der Waals surface area contributed by atoms with Crippen LogP contribution in [0.15, 0.2) is 24.3 Å². The van der Waals surface area contributed by atoms with Crippen molar-refractivity contribution < 1.29 is 19.4 Å². The van der Waals surface area contributed by atoms with E-state index in [0.29, 0.717) is 5.69 Å². The first kappa shape index (κ1) is 17.3. The molecule has 1 atom stereocenters. The van der Waals surface area contributed by atoms with Crippen LogP contribution in [0.25, 0.3) is 10.9 Å². The molecule has 1 heterocycles. The largest absolute Gasteiger partial charge is 0.480 e. The second-order valence-corrected chi connectivity index (χ2v) is 6.46. The summed E-state index contributed by atoms with van der Waals surface area (Å²) in [5, 5.41) is 21.4. The minimum Gasteiger partial charge on any atom is -0.480 e. The second-order valence-electron chi connectivity index (χ2n) is 6.46. The maximum absolute atomic E-state index is 11.8. The van der Waals surface area contributed by atoms with E-state index in [-0.39, 0.29) is 6.42 Å². The van der Waals surface area contributed by atoms with Crippen LogP contribution in [0.5, 0.6) is 0 Å². The normalized spacial score (nSPS) is 12.4. The van der Waals surface area contributed by atoms with Gasteiger partial charge >= 0.3 is 12.1 Å². The molecule has 126 valence electrons. The molecular weight excluding hydrogens is 310 g/mol. The number of carboxylic acid groups (broad SMARTS) is 1. The van der Waals surface area contributed by atoms with E-state index in [0.717, 1.165) is 16.5 Å². The zero-order valence-electron chi connectivity index (χ0n) is 13.7. The Labute approximate surface area is 139 Å². The molecule has 0 saturated heterocycles. The van der Waals surface area contributed by atoms with Gasteiger partial charge in [0.1, 0.15) is 23.4 Å². The first-order chi connectivity index (χ1) is 11.2. The van der Waals surface area contributed by atoms with Gasteiger partial charge in [-0.25, -0.2) is 9.59 Å². The van der Waals surface area contributed by atoms with Crippen LogP contribution in [0.1, 0.15) is 32.0 Å². The number of hydrogen-bond acceptors (Lipinski definition) is 4. The number of aromatic amines is 1. The maximum Gasteiger partial charge on any atom is 0.408 e. The van der Waals surface area contributed by atoms with Crippen LogP contribution in [-0.4, -0.2) is 33.8 Å². The van der Waals surface area contributed by atoms with Crippen molar-refractivity contribution in [3.63, 3.8) is 0 Å². The first-order valence-corrected chi connectivity index (χ1v) is 7.42. The van der Waals surface area contributed by atoms with Crippen molar-refractivity contribution in [3.8, 4) is 6.07 Å². The summed E-state index contributed by atoms with van der Waals surface area (Å²) in [4.78, 5) is 26.1. The summed E-state index contributed by atoms with van der Waals surface area (Å²) >= 11 is 0. The molecule has 0 bridgehead atoms. The molecule has 0 fully saturated rings. The zero-order chi connectivity index (χ0) is 17.9. The number of aromatic nitrogens is 1. The SMILES string of the molecule is CC(C)(C)OC(=O)N[C@@H](Cc1ccc2[nH]c(C#N)cc2c1)C(=O)O. The number of alkyl carbamates (subject to hydrolysis) is 1. The van der Waals surface area contributed by atoms with Crippen molar-refractivity contribution in [2.45, 2.75) is 38.8 Å². The molecule has 0 aliphatic rings. The Hall–Kier alpha value is -3.01. The fourth-order valence-corrected chi connectivity index (χ4v) is 2.25. The van der Waals surface area contributed by atoms with Crippen LogP contribution in [0.4, 0.5) is 4.79 Å². The van der Waals surface area contributed by atoms with E-state index in [2.05, 4.69) is 10.3 Å². The maximum atomic E-state index is 11.8. The molecule has 1 aromatic carbocycles. The average Bonchev–Trinajstić information content (AvgIpc) is 2.86. The molecule has 0 saturated carbocycles. The lowest BCUT2D eigenvalue weighted by Crippen LogP contribution is -2.44. The third-order valence-corrected chi connectivity index (χ3v) is 3.23. The number of fused-ring (bicyclic) bond motifs is 1.